The second-order valence-corrected chi connectivity index (χ2v) is 8.43. The lowest BCUT2D eigenvalue weighted by molar-refractivity contribution is 0.372. The summed E-state index contributed by atoms with van der Waals surface area (Å²) in [6.45, 7) is 2.25. The fraction of sp³-hybridized carbons (Fsp3) is 0.368. The Kier molecular flexibility index (Phi) is 5.80. The second kappa shape index (κ2) is 8.07. The van der Waals surface area contributed by atoms with Crippen LogP contribution in [-0.2, 0) is 23.0 Å². The van der Waals surface area contributed by atoms with Crippen LogP contribution in [0.5, 0.6) is 11.5 Å². The molecule has 3 rings (SSSR count). The molecule has 0 amide bonds. The number of phenolic OH excluding ortho intramolecular Hbond substituents is 2. The van der Waals surface area contributed by atoms with Gasteiger partial charge in [-0.2, -0.15) is 0 Å². The molecule has 0 aromatic heterocycles. The van der Waals surface area contributed by atoms with Gasteiger partial charge in [0.15, 0.2) is 0 Å². The molecule has 0 unspecified atom stereocenters. The van der Waals surface area contributed by atoms with Crippen molar-refractivity contribution in [2.24, 2.45) is 5.92 Å². The third-order valence-corrected chi connectivity index (χ3v) is 6.12. The van der Waals surface area contributed by atoms with Gasteiger partial charge >= 0.3 is 0 Å². The molecule has 2 aromatic rings. The molecule has 0 atom stereocenters. The van der Waals surface area contributed by atoms with Crippen molar-refractivity contribution in [2.45, 2.75) is 30.7 Å². The smallest absolute Gasteiger partial charge is 0.244 e. The van der Waals surface area contributed by atoms with Gasteiger partial charge in [-0.25, -0.2) is 13.1 Å². The quantitative estimate of drug-likeness (QED) is 0.619. The lowest BCUT2D eigenvalue weighted by Gasteiger charge is -2.22. The minimum Gasteiger partial charge on any atom is -0.508 e. The molecule has 0 saturated carbocycles. The lowest BCUT2D eigenvalue weighted by atomic mass is 9.90. The van der Waals surface area contributed by atoms with E-state index in [-0.39, 0.29) is 17.2 Å². The maximum Gasteiger partial charge on any atom is 0.244 e. The average Bonchev–Trinajstić information content (AvgIpc) is 2.61. The van der Waals surface area contributed by atoms with Gasteiger partial charge in [0.2, 0.25) is 10.0 Å². The van der Waals surface area contributed by atoms with E-state index in [1.54, 1.807) is 0 Å². The van der Waals surface area contributed by atoms with Crippen molar-refractivity contribution in [3.05, 3.63) is 53.6 Å². The number of hydrogen-bond donors (Lipinski definition) is 4. The Morgan fingerprint density at radius 2 is 1.77 bits per heavy atom. The van der Waals surface area contributed by atoms with Crippen molar-refractivity contribution in [1.29, 1.82) is 0 Å². The summed E-state index contributed by atoms with van der Waals surface area (Å²) >= 11 is 0. The number of sulfonamides is 1. The van der Waals surface area contributed by atoms with Gasteiger partial charge in [-0.3, -0.25) is 0 Å². The Morgan fingerprint density at radius 3 is 2.50 bits per heavy atom. The molecular formula is C19H24N2O4S. The highest BCUT2D eigenvalue weighted by atomic mass is 32.2. The molecule has 0 spiro atoms. The predicted octanol–water partition coefficient (Wildman–Crippen LogP) is 2.12. The van der Waals surface area contributed by atoms with Crippen molar-refractivity contribution in [2.75, 3.05) is 13.1 Å². The van der Waals surface area contributed by atoms with E-state index in [9.17, 15) is 18.6 Å². The maximum absolute atomic E-state index is 12.4. The van der Waals surface area contributed by atoms with E-state index < -0.39 is 15.8 Å². The topological polar surface area (TPSA) is 98.7 Å². The first kappa shape index (κ1) is 18.7. The second-order valence-electron chi connectivity index (χ2n) is 6.69. The Labute approximate surface area is 153 Å². The standard InChI is InChI=1S/C19H24N2O4S/c22-17-4-5-19(18(23)12-17)26(24,25)21-13-16-3-1-2-15(11-16)10-14-6-8-20-9-7-14/h1-5,11-12,14,20-23H,6-10,13H2. The molecule has 1 heterocycles. The summed E-state index contributed by atoms with van der Waals surface area (Å²) in [5, 5.41) is 22.4. The molecule has 1 aliphatic rings. The monoisotopic (exact) mass is 376 g/mol. The van der Waals surface area contributed by atoms with E-state index in [1.165, 1.54) is 17.7 Å². The van der Waals surface area contributed by atoms with Crippen LogP contribution in [0.1, 0.15) is 24.0 Å². The van der Waals surface area contributed by atoms with Gasteiger partial charge in [0.25, 0.3) is 0 Å². The minimum atomic E-state index is -3.87. The van der Waals surface area contributed by atoms with E-state index >= 15 is 0 Å². The Balaban J connectivity index is 1.66. The number of hydrogen-bond acceptors (Lipinski definition) is 5. The van der Waals surface area contributed by atoms with Crippen LogP contribution in [0.3, 0.4) is 0 Å². The molecule has 140 valence electrons. The summed E-state index contributed by atoms with van der Waals surface area (Å²) in [5.74, 6) is 0.00126. The first-order valence-electron chi connectivity index (χ1n) is 8.74. The van der Waals surface area contributed by atoms with Gasteiger partial charge < -0.3 is 15.5 Å². The SMILES string of the molecule is O=S(=O)(NCc1cccc(CC2CCNCC2)c1)c1ccc(O)cc1O. The summed E-state index contributed by atoms with van der Waals surface area (Å²) in [6, 6.07) is 11.3. The van der Waals surface area contributed by atoms with Gasteiger partial charge in [0, 0.05) is 12.6 Å². The van der Waals surface area contributed by atoms with Gasteiger partial charge in [-0.05, 0) is 61.5 Å². The summed E-state index contributed by atoms with van der Waals surface area (Å²) in [5.41, 5.74) is 2.08. The zero-order chi connectivity index (χ0) is 18.6. The van der Waals surface area contributed by atoms with Crippen LogP contribution in [-0.4, -0.2) is 31.7 Å². The van der Waals surface area contributed by atoms with Crippen LogP contribution in [0.25, 0.3) is 0 Å². The van der Waals surface area contributed by atoms with Crippen molar-refractivity contribution >= 4 is 10.0 Å². The molecule has 0 bridgehead atoms. The summed E-state index contributed by atoms with van der Waals surface area (Å²) in [4.78, 5) is -0.249. The van der Waals surface area contributed by atoms with Crippen LogP contribution >= 0.6 is 0 Å². The molecule has 4 N–H and O–H groups in total. The maximum atomic E-state index is 12.4. The van der Waals surface area contributed by atoms with E-state index in [0.717, 1.165) is 44.0 Å². The first-order valence-corrected chi connectivity index (χ1v) is 10.2. The molecule has 1 saturated heterocycles. The van der Waals surface area contributed by atoms with Crippen LogP contribution < -0.4 is 10.0 Å². The third kappa shape index (κ3) is 4.75. The highest BCUT2D eigenvalue weighted by Crippen LogP contribution is 2.26. The number of benzene rings is 2. The summed E-state index contributed by atoms with van der Waals surface area (Å²) in [6.07, 6.45) is 3.33. The van der Waals surface area contributed by atoms with Crippen molar-refractivity contribution in [3.63, 3.8) is 0 Å². The first-order chi connectivity index (χ1) is 12.4. The molecular weight excluding hydrogens is 352 g/mol. The number of nitrogens with one attached hydrogen (secondary N) is 2. The van der Waals surface area contributed by atoms with E-state index in [4.69, 9.17) is 0 Å². The molecule has 1 aliphatic heterocycles. The zero-order valence-electron chi connectivity index (χ0n) is 14.5. The molecule has 6 nitrogen and oxygen atoms in total. The molecule has 0 radical (unpaired) electrons. The summed E-state index contributed by atoms with van der Waals surface area (Å²) in [7, 11) is -3.87. The normalized spacial score (nSPS) is 15.8. The lowest BCUT2D eigenvalue weighted by Crippen LogP contribution is -2.28. The van der Waals surface area contributed by atoms with Crippen LogP contribution in [0.2, 0.25) is 0 Å². The number of aromatic hydroxyl groups is 2. The number of rotatable bonds is 6. The fourth-order valence-corrected chi connectivity index (χ4v) is 4.37. The predicted molar refractivity (Wildman–Crippen MR) is 99.5 cm³/mol. The molecule has 1 fully saturated rings. The Morgan fingerprint density at radius 1 is 1.04 bits per heavy atom. The van der Waals surface area contributed by atoms with E-state index in [2.05, 4.69) is 16.1 Å². The van der Waals surface area contributed by atoms with Crippen LogP contribution in [0.15, 0.2) is 47.4 Å². The highest BCUT2D eigenvalue weighted by molar-refractivity contribution is 7.89. The van der Waals surface area contributed by atoms with Crippen molar-refractivity contribution in [1.82, 2.24) is 10.0 Å². The average molecular weight is 376 g/mol. The molecule has 26 heavy (non-hydrogen) atoms. The largest absolute Gasteiger partial charge is 0.508 e. The van der Waals surface area contributed by atoms with Crippen LogP contribution in [0, 0.1) is 5.92 Å². The van der Waals surface area contributed by atoms with Gasteiger partial charge in [-0.15, -0.1) is 0 Å². The zero-order valence-corrected chi connectivity index (χ0v) is 15.3. The number of piperidine rings is 1. The Hall–Kier alpha value is -2.09. The third-order valence-electron chi connectivity index (χ3n) is 4.67. The number of phenols is 2. The fourth-order valence-electron chi connectivity index (χ4n) is 3.27. The van der Waals surface area contributed by atoms with Crippen LogP contribution in [0.4, 0.5) is 0 Å². The Bertz CT molecular complexity index is 862. The molecule has 2 aromatic carbocycles. The van der Waals surface area contributed by atoms with Gasteiger partial charge in [-0.1, -0.05) is 24.3 Å². The molecule has 0 aliphatic carbocycles. The van der Waals surface area contributed by atoms with Gasteiger partial charge in [0.05, 0.1) is 0 Å². The van der Waals surface area contributed by atoms with Gasteiger partial charge in [0.1, 0.15) is 16.4 Å². The highest BCUT2D eigenvalue weighted by Gasteiger charge is 2.19. The van der Waals surface area contributed by atoms with Crippen molar-refractivity contribution in [3.8, 4) is 11.5 Å². The van der Waals surface area contributed by atoms with E-state index in [1.807, 2.05) is 18.2 Å². The van der Waals surface area contributed by atoms with E-state index in [0.29, 0.717) is 5.92 Å². The molecule has 7 heteroatoms. The summed E-state index contributed by atoms with van der Waals surface area (Å²) < 4.78 is 27.3. The van der Waals surface area contributed by atoms with Crippen molar-refractivity contribution < 1.29 is 18.6 Å². The minimum absolute atomic E-state index is 0.142.